The Labute approximate surface area is 367 Å². The molecule has 2 aliphatic carbocycles. The first-order valence-corrected chi connectivity index (χ1v) is 21.4. The van der Waals surface area contributed by atoms with Crippen molar-refractivity contribution in [3.63, 3.8) is 0 Å². The average molecular weight is 891 g/mol. The van der Waals surface area contributed by atoms with Crippen LogP contribution >= 0.6 is 46.4 Å². The molecule has 14 heteroatoms. The Morgan fingerprint density at radius 3 is 0.950 bits per heavy atom. The van der Waals surface area contributed by atoms with Crippen LogP contribution in [0.2, 0.25) is 0 Å². The van der Waals surface area contributed by atoms with E-state index < -0.39 is 48.3 Å². The highest BCUT2D eigenvalue weighted by atomic mass is 35.5. The van der Waals surface area contributed by atoms with Gasteiger partial charge in [-0.25, -0.2) is 0 Å². The lowest BCUT2D eigenvalue weighted by molar-refractivity contribution is -0.152. The predicted octanol–water partition coefficient (Wildman–Crippen LogP) is 11.5. The number of hydrogen-bond acceptors (Lipinski definition) is 10. The lowest BCUT2D eigenvalue weighted by Gasteiger charge is -2.34. The van der Waals surface area contributed by atoms with Gasteiger partial charge in [0.1, 0.15) is 47.9 Å². The summed E-state index contributed by atoms with van der Waals surface area (Å²) in [6, 6.07) is 39.3. The number of hydrogen-bond donors (Lipinski definition) is 0. The largest absolute Gasteiger partial charge is 0.457 e. The summed E-state index contributed by atoms with van der Waals surface area (Å²) in [5.74, 6) is -3.32. The second kappa shape index (κ2) is 19.9. The fourth-order valence-electron chi connectivity index (χ4n) is 7.82. The fourth-order valence-corrected chi connectivity index (χ4v) is 8.08. The van der Waals surface area contributed by atoms with E-state index in [1.165, 1.54) is 0 Å². The van der Waals surface area contributed by atoms with Crippen LogP contribution in [0.5, 0.6) is 0 Å². The summed E-state index contributed by atoms with van der Waals surface area (Å²) < 4.78 is 23.0. The van der Waals surface area contributed by atoms with Gasteiger partial charge in [-0.3, -0.25) is 19.2 Å². The van der Waals surface area contributed by atoms with Gasteiger partial charge in [-0.15, -0.1) is 46.4 Å². The lowest BCUT2D eigenvalue weighted by Crippen LogP contribution is -2.24. The maximum atomic E-state index is 12.4. The predicted molar refractivity (Wildman–Crippen MR) is 232 cm³/mol. The summed E-state index contributed by atoms with van der Waals surface area (Å²) in [6.07, 6.45) is -0.581. The van der Waals surface area contributed by atoms with E-state index in [4.69, 9.17) is 65.4 Å². The van der Waals surface area contributed by atoms with Crippen molar-refractivity contribution in [2.75, 3.05) is 33.3 Å². The smallest absolute Gasteiger partial charge is 0.321 e. The number of anilines is 6. The third-order valence-electron chi connectivity index (χ3n) is 10.4. The van der Waals surface area contributed by atoms with E-state index in [0.29, 0.717) is 36.8 Å². The number of ether oxygens (including phenoxy) is 4. The Morgan fingerprint density at radius 1 is 0.383 bits per heavy atom. The normalized spacial score (nSPS) is 17.9. The lowest BCUT2D eigenvalue weighted by atomic mass is 9.86. The Hall–Kier alpha value is -5.26. The second-order valence-electron chi connectivity index (χ2n) is 14.1. The number of rotatable bonds is 14. The molecule has 0 fully saturated rings. The van der Waals surface area contributed by atoms with Crippen LogP contribution in [-0.2, 0) is 38.1 Å². The molecule has 0 amide bonds. The van der Waals surface area contributed by atoms with Gasteiger partial charge in [0, 0.05) is 45.3 Å². The maximum Gasteiger partial charge on any atom is 0.321 e. The SMILES string of the molecule is O=C(CCl)OC1CCC(OC(=O)CCl)c2cc(N(c3ccccc3)c3ccc(N(c4ccccc4)c4ccc5c(c4)C(OC(=O)CCl)CCC5OC(=O)CCl)cc3)ccc21. The number of benzene rings is 5. The monoisotopic (exact) mass is 888 g/mol. The zero-order chi connectivity index (χ0) is 42.2. The number of esters is 4. The van der Waals surface area contributed by atoms with Gasteiger partial charge in [-0.1, -0.05) is 48.5 Å². The van der Waals surface area contributed by atoms with Gasteiger partial charge < -0.3 is 28.7 Å². The fraction of sp³-hybridized carbons (Fsp3) is 0.261. The van der Waals surface area contributed by atoms with Crippen molar-refractivity contribution in [2.24, 2.45) is 0 Å². The van der Waals surface area contributed by atoms with Crippen LogP contribution in [0.1, 0.15) is 72.4 Å². The minimum Gasteiger partial charge on any atom is -0.457 e. The Kier molecular flexibility index (Phi) is 14.2. The average Bonchev–Trinajstić information content (AvgIpc) is 3.29. The molecule has 4 unspecified atom stereocenters. The molecule has 0 N–H and O–H groups in total. The summed E-state index contributed by atoms with van der Waals surface area (Å²) in [7, 11) is 0. The van der Waals surface area contributed by atoms with Crippen molar-refractivity contribution < 1.29 is 38.1 Å². The molecule has 5 aromatic carbocycles. The Balaban J connectivity index is 1.29. The van der Waals surface area contributed by atoms with Crippen LogP contribution in [0.15, 0.2) is 121 Å². The molecule has 0 saturated heterocycles. The zero-order valence-electron chi connectivity index (χ0n) is 32.2. The van der Waals surface area contributed by atoms with Gasteiger partial charge in [0.15, 0.2) is 0 Å². The molecule has 0 bridgehead atoms. The van der Waals surface area contributed by atoms with Crippen molar-refractivity contribution in [1.29, 1.82) is 0 Å². The summed E-state index contributed by atoms with van der Waals surface area (Å²) in [6.45, 7) is 0. The van der Waals surface area contributed by atoms with Gasteiger partial charge in [0.05, 0.1) is 0 Å². The van der Waals surface area contributed by atoms with Crippen LogP contribution in [0.3, 0.4) is 0 Å². The topological polar surface area (TPSA) is 112 Å². The molecule has 10 nitrogen and oxygen atoms in total. The third kappa shape index (κ3) is 9.68. The standard InChI is InChI=1S/C46H40Cl4N2O8/c47-25-43(53)57-39-19-21-41(59-45(55)27-49)37-23-33(15-17-35(37)39)51(29-7-3-1-4-8-29)31-11-13-32(14-12-31)52(30-9-5-2-6-10-30)34-16-18-36-38(24-34)42(60-46(56)28-50)22-20-40(36)58-44(54)26-48/h1-18,23-24,39-42H,19-22,25-28H2. The second-order valence-corrected chi connectivity index (χ2v) is 15.2. The molecule has 0 radical (unpaired) electrons. The minimum atomic E-state index is -0.603. The van der Waals surface area contributed by atoms with Crippen molar-refractivity contribution in [3.05, 3.63) is 144 Å². The molecular formula is C46H40Cl4N2O8. The van der Waals surface area contributed by atoms with Gasteiger partial charge in [-0.05, 0) is 110 Å². The van der Waals surface area contributed by atoms with Crippen molar-refractivity contribution in [3.8, 4) is 0 Å². The van der Waals surface area contributed by atoms with Gasteiger partial charge in [0.25, 0.3) is 0 Å². The molecule has 2 aliphatic rings. The first-order valence-electron chi connectivity index (χ1n) is 19.3. The van der Waals surface area contributed by atoms with Crippen LogP contribution in [-0.4, -0.2) is 47.4 Å². The number of fused-ring (bicyclic) bond motifs is 2. The highest BCUT2D eigenvalue weighted by Gasteiger charge is 2.34. The van der Waals surface area contributed by atoms with Gasteiger partial charge in [0.2, 0.25) is 0 Å². The van der Waals surface area contributed by atoms with Crippen molar-refractivity contribution in [2.45, 2.75) is 50.1 Å². The molecule has 0 heterocycles. The molecule has 60 heavy (non-hydrogen) atoms. The van der Waals surface area contributed by atoms with Crippen LogP contribution in [0.25, 0.3) is 0 Å². The zero-order valence-corrected chi connectivity index (χ0v) is 35.2. The highest BCUT2D eigenvalue weighted by Crippen LogP contribution is 2.47. The number of carbonyl (C=O) groups excluding carboxylic acids is 4. The first-order chi connectivity index (χ1) is 29.2. The van der Waals surface area contributed by atoms with E-state index in [0.717, 1.165) is 45.3 Å². The van der Waals surface area contributed by atoms with Crippen LogP contribution < -0.4 is 9.80 Å². The summed E-state index contributed by atoms with van der Waals surface area (Å²) in [5, 5.41) is 0. The van der Waals surface area contributed by atoms with Gasteiger partial charge in [-0.2, -0.15) is 0 Å². The molecule has 0 saturated carbocycles. The van der Waals surface area contributed by atoms with Gasteiger partial charge >= 0.3 is 23.9 Å². The van der Waals surface area contributed by atoms with E-state index >= 15 is 0 Å². The highest BCUT2D eigenvalue weighted by molar-refractivity contribution is 6.27. The van der Waals surface area contributed by atoms with E-state index in [9.17, 15) is 19.2 Å². The summed E-state index contributed by atoms with van der Waals surface area (Å²) in [4.78, 5) is 53.6. The molecule has 0 spiro atoms. The first kappa shape index (κ1) is 42.8. The minimum absolute atomic E-state index is 0.280. The number of para-hydroxylation sites is 2. The molecule has 310 valence electrons. The summed E-state index contributed by atoms with van der Waals surface area (Å²) >= 11 is 23.3. The molecule has 5 aromatic rings. The molecular weight excluding hydrogens is 850 g/mol. The molecule has 0 aromatic heterocycles. The van der Waals surface area contributed by atoms with Crippen molar-refractivity contribution in [1.82, 2.24) is 0 Å². The molecule has 4 atom stereocenters. The molecule has 0 aliphatic heterocycles. The Bertz CT molecular complexity index is 2150. The Morgan fingerprint density at radius 2 is 0.650 bits per heavy atom. The van der Waals surface area contributed by atoms with Crippen LogP contribution in [0, 0.1) is 0 Å². The summed E-state index contributed by atoms with van der Waals surface area (Å²) in [5.41, 5.74) is 7.83. The third-order valence-corrected chi connectivity index (χ3v) is 11.2. The quantitative estimate of drug-likeness (QED) is 0.0607. The van der Waals surface area contributed by atoms with E-state index in [1.807, 2.05) is 121 Å². The van der Waals surface area contributed by atoms with E-state index in [-0.39, 0.29) is 23.5 Å². The van der Waals surface area contributed by atoms with Crippen molar-refractivity contribution >= 4 is 104 Å². The molecule has 7 rings (SSSR count). The van der Waals surface area contributed by atoms with Crippen LogP contribution in [0.4, 0.5) is 34.1 Å². The van der Waals surface area contributed by atoms with E-state index in [1.54, 1.807) is 0 Å². The number of nitrogens with zero attached hydrogens (tertiary/aromatic N) is 2. The number of alkyl halides is 4. The number of halogens is 4. The number of carbonyl (C=O) groups is 4. The maximum absolute atomic E-state index is 12.4. The van der Waals surface area contributed by atoms with E-state index in [2.05, 4.69) is 9.80 Å².